The number of hydrogen-bond acceptors (Lipinski definition) is 3. The minimum Gasteiger partial charge on any atom is -0.393 e. The molecule has 1 saturated carbocycles. The summed E-state index contributed by atoms with van der Waals surface area (Å²) in [6.45, 7) is 0. The molecule has 3 nitrogen and oxygen atoms in total. The van der Waals surface area contributed by atoms with E-state index >= 15 is 0 Å². The van der Waals surface area contributed by atoms with Crippen LogP contribution < -0.4 is 5.73 Å². The SMILES string of the molecule is NC1CCCCCC1N1C2CCC1CC(O)C2. The largest absolute Gasteiger partial charge is 0.393 e. The summed E-state index contributed by atoms with van der Waals surface area (Å²) in [5.74, 6) is 0. The van der Waals surface area contributed by atoms with Gasteiger partial charge < -0.3 is 10.8 Å². The van der Waals surface area contributed by atoms with Crippen LogP contribution in [0.25, 0.3) is 0 Å². The summed E-state index contributed by atoms with van der Waals surface area (Å²) in [4.78, 5) is 2.71. The number of fused-ring (bicyclic) bond motifs is 2. The molecule has 2 bridgehead atoms. The molecule has 2 aliphatic heterocycles. The molecule has 3 rings (SSSR count). The van der Waals surface area contributed by atoms with Crippen molar-refractivity contribution in [1.29, 1.82) is 0 Å². The molecule has 0 aromatic carbocycles. The van der Waals surface area contributed by atoms with Crippen molar-refractivity contribution in [1.82, 2.24) is 4.90 Å². The molecule has 0 amide bonds. The quantitative estimate of drug-likeness (QED) is 0.683. The van der Waals surface area contributed by atoms with Crippen molar-refractivity contribution < 1.29 is 5.11 Å². The lowest BCUT2D eigenvalue weighted by atomic mass is 9.93. The van der Waals surface area contributed by atoms with Crippen molar-refractivity contribution in [2.24, 2.45) is 5.73 Å². The summed E-state index contributed by atoms with van der Waals surface area (Å²) in [5.41, 5.74) is 6.39. The zero-order valence-corrected chi connectivity index (χ0v) is 10.7. The van der Waals surface area contributed by atoms with E-state index in [0.29, 0.717) is 24.2 Å². The van der Waals surface area contributed by atoms with Crippen LogP contribution in [0.15, 0.2) is 0 Å². The van der Waals surface area contributed by atoms with Crippen LogP contribution in [-0.4, -0.2) is 40.3 Å². The molecule has 98 valence electrons. The first-order valence-electron chi connectivity index (χ1n) is 7.47. The van der Waals surface area contributed by atoms with Gasteiger partial charge in [0.25, 0.3) is 0 Å². The van der Waals surface area contributed by atoms with Crippen LogP contribution in [0.4, 0.5) is 0 Å². The molecule has 4 unspecified atom stereocenters. The predicted octanol–water partition coefficient (Wildman–Crippen LogP) is 1.63. The van der Waals surface area contributed by atoms with Crippen molar-refractivity contribution in [2.45, 2.75) is 88.1 Å². The Morgan fingerprint density at radius 3 is 2.24 bits per heavy atom. The Balaban J connectivity index is 1.74. The van der Waals surface area contributed by atoms with Crippen LogP contribution >= 0.6 is 0 Å². The molecule has 0 aromatic rings. The van der Waals surface area contributed by atoms with Crippen LogP contribution in [0.3, 0.4) is 0 Å². The van der Waals surface area contributed by atoms with Gasteiger partial charge in [0.1, 0.15) is 0 Å². The highest BCUT2D eigenvalue weighted by atomic mass is 16.3. The maximum absolute atomic E-state index is 9.87. The van der Waals surface area contributed by atoms with Gasteiger partial charge in [-0.3, -0.25) is 4.90 Å². The monoisotopic (exact) mass is 238 g/mol. The lowest BCUT2D eigenvalue weighted by Gasteiger charge is -2.44. The normalized spacial score (nSPS) is 48.0. The van der Waals surface area contributed by atoms with E-state index in [1.807, 2.05) is 0 Å². The molecule has 0 radical (unpaired) electrons. The molecule has 3 N–H and O–H groups in total. The van der Waals surface area contributed by atoms with Crippen molar-refractivity contribution in [2.75, 3.05) is 0 Å². The number of aliphatic hydroxyl groups excluding tert-OH is 1. The van der Waals surface area contributed by atoms with E-state index in [9.17, 15) is 5.11 Å². The predicted molar refractivity (Wildman–Crippen MR) is 68.7 cm³/mol. The molecule has 2 heterocycles. The molecular formula is C14H26N2O. The number of nitrogens with two attached hydrogens (primary N) is 1. The van der Waals surface area contributed by atoms with Gasteiger partial charge in [-0.05, 0) is 38.5 Å². The summed E-state index contributed by atoms with van der Waals surface area (Å²) in [6, 6.07) is 2.22. The molecule has 3 heteroatoms. The van der Waals surface area contributed by atoms with E-state index in [4.69, 9.17) is 5.73 Å². The molecule has 0 spiro atoms. The minimum atomic E-state index is -0.0502. The first kappa shape index (κ1) is 11.9. The van der Waals surface area contributed by atoms with Crippen molar-refractivity contribution >= 4 is 0 Å². The van der Waals surface area contributed by atoms with Gasteiger partial charge in [0.2, 0.25) is 0 Å². The maximum Gasteiger partial charge on any atom is 0.0570 e. The lowest BCUT2D eigenvalue weighted by Crippen LogP contribution is -2.55. The average molecular weight is 238 g/mol. The first-order chi connectivity index (χ1) is 8.25. The van der Waals surface area contributed by atoms with Gasteiger partial charge in [0.05, 0.1) is 6.10 Å². The van der Waals surface area contributed by atoms with E-state index in [0.717, 1.165) is 12.8 Å². The summed E-state index contributed by atoms with van der Waals surface area (Å²) >= 11 is 0. The van der Waals surface area contributed by atoms with Gasteiger partial charge in [0.15, 0.2) is 0 Å². The molecule has 17 heavy (non-hydrogen) atoms. The molecule has 0 aromatic heterocycles. The van der Waals surface area contributed by atoms with Gasteiger partial charge in [-0.15, -0.1) is 0 Å². The Bertz CT molecular complexity index is 257. The topological polar surface area (TPSA) is 49.5 Å². The molecule has 4 atom stereocenters. The van der Waals surface area contributed by atoms with Crippen LogP contribution in [0, 0.1) is 0 Å². The van der Waals surface area contributed by atoms with E-state index in [-0.39, 0.29) is 6.10 Å². The number of nitrogens with zero attached hydrogens (tertiary/aromatic N) is 1. The van der Waals surface area contributed by atoms with E-state index in [1.165, 1.54) is 44.9 Å². The zero-order chi connectivity index (χ0) is 11.8. The lowest BCUT2D eigenvalue weighted by molar-refractivity contribution is 0.00179. The number of rotatable bonds is 1. The smallest absolute Gasteiger partial charge is 0.0570 e. The van der Waals surface area contributed by atoms with Crippen LogP contribution in [-0.2, 0) is 0 Å². The Morgan fingerprint density at radius 1 is 0.882 bits per heavy atom. The zero-order valence-electron chi connectivity index (χ0n) is 10.7. The number of hydrogen-bond donors (Lipinski definition) is 2. The van der Waals surface area contributed by atoms with E-state index in [1.54, 1.807) is 0 Å². The highest BCUT2D eigenvalue weighted by Crippen LogP contribution is 2.39. The Morgan fingerprint density at radius 2 is 1.53 bits per heavy atom. The van der Waals surface area contributed by atoms with Gasteiger partial charge in [-0.25, -0.2) is 0 Å². The summed E-state index contributed by atoms with van der Waals surface area (Å²) < 4.78 is 0. The fourth-order valence-electron chi connectivity index (χ4n) is 4.41. The Kier molecular flexibility index (Phi) is 3.42. The second-order valence-electron chi connectivity index (χ2n) is 6.33. The molecular weight excluding hydrogens is 212 g/mol. The summed E-state index contributed by atoms with van der Waals surface area (Å²) in [6.07, 6.45) is 11.0. The second kappa shape index (κ2) is 4.87. The van der Waals surface area contributed by atoms with Crippen LogP contribution in [0.5, 0.6) is 0 Å². The third-order valence-electron chi connectivity index (χ3n) is 5.18. The van der Waals surface area contributed by atoms with E-state index < -0.39 is 0 Å². The van der Waals surface area contributed by atoms with Crippen LogP contribution in [0.2, 0.25) is 0 Å². The van der Waals surface area contributed by atoms with Gasteiger partial charge in [-0.2, -0.15) is 0 Å². The molecule has 3 aliphatic rings. The maximum atomic E-state index is 9.87. The van der Waals surface area contributed by atoms with Crippen molar-refractivity contribution in [3.63, 3.8) is 0 Å². The van der Waals surface area contributed by atoms with E-state index in [2.05, 4.69) is 4.90 Å². The number of piperidine rings is 1. The highest BCUT2D eigenvalue weighted by molar-refractivity contribution is 5.00. The molecule has 1 aliphatic carbocycles. The molecule has 3 fully saturated rings. The average Bonchev–Trinajstić information content (AvgIpc) is 2.50. The van der Waals surface area contributed by atoms with Crippen LogP contribution in [0.1, 0.15) is 57.8 Å². The Hall–Kier alpha value is -0.120. The minimum absolute atomic E-state index is 0.0502. The highest BCUT2D eigenvalue weighted by Gasteiger charge is 2.44. The van der Waals surface area contributed by atoms with Gasteiger partial charge in [-0.1, -0.05) is 19.3 Å². The molecule has 2 saturated heterocycles. The van der Waals surface area contributed by atoms with Gasteiger partial charge in [0, 0.05) is 24.2 Å². The van der Waals surface area contributed by atoms with Gasteiger partial charge >= 0.3 is 0 Å². The fourth-order valence-corrected chi connectivity index (χ4v) is 4.41. The fraction of sp³-hybridized carbons (Fsp3) is 1.00. The first-order valence-corrected chi connectivity index (χ1v) is 7.47. The summed E-state index contributed by atoms with van der Waals surface area (Å²) in [5, 5.41) is 9.87. The summed E-state index contributed by atoms with van der Waals surface area (Å²) in [7, 11) is 0. The van der Waals surface area contributed by atoms with Crippen molar-refractivity contribution in [3.05, 3.63) is 0 Å². The number of aliphatic hydroxyl groups is 1. The standard InChI is InChI=1S/C14H26N2O/c15-13-4-2-1-3-5-14(13)16-10-6-7-11(16)9-12(17)8-10/h10-14,17H,1-9,15H2. The third kappa shape index (κ3) is 2.25. The second-order valence-corrected chi connectivity index (χ2v) is 6.33. The Labute approximate surface area is 104 Å². The van der Waals surface area contributed by atoms with Crippen molar-refractivity contribution in [3.8, 4) is 0 Å². The third-order valence-corrected chi connectivity index (χ3v) is 5.18.